The molecule has 0 aliphatic heterocycles. The molecule has 0 radical (unpaired) electrons. The second-order valence-corrected chi connectivity index (χ2v) is 3.82. The summed E-state index contributed by atoms with van der Waals surface area (Å²) in [5, 5.41) is 0. The third-order valence-electron chi connectivity index (χ3n) is 2.18. The third-order valence-corrected chi connectivity index (χ3v) is 2.65. The van der Waals surface area contributed by atoms with E-state index in [0.717, 1.165) is 10.2 Å². The van der Waals surface area contributed by atoms with E-state index in [9.17, 15) is 0 Å². The standard InChI is InChI=1S/C9H13BrN2O/c1-9(6-11,13-2)7-3-4-8(10)12-5-7/h3-5H,6,11H2,1-2H3. The van der Waals surface area contributed by atoms with Gasteiger partial charge in [0.2, 0.25) is 0 Å². The van der Waals surface area contributed by atoms with Crippen LogP contribution in [-0.4, -0.2) is 18.6 Å². The normalized spacial score (nSPS) is 15.4. The molecule has 0 aliphatic carbocycles. The van der Waals surface area contributed by atoms with E-state index in [0.29, 0.717) is 6.54 Å². The van der Waals surface area contributed by atoms with Crippen molar-refractivity contribution in [3.05, 3.63) is 28.5 Å². The first-order chi connectivity index (χ1) is 6.12. The molecule has 3 nitrogen and oxygen atoms in total. The van der Waals surface area contributed by atoms with Crippen LogP contribution in [0.2, 0.25) is 0 Å². The molecule has 13 heavy (non-hydrogen) atoms. The van der Waals surface area contributed by atoms with Crippen LogP contribution in [-0.2, 0) is 10.3 Å². The second kappa shape index (κ2) is 4.17. The van der Waals surface area contributed by atoms with Crippen LogP contribution >= 0.6 is 15.9 Å². The lowest BCUT2D eigenvalue weighted by Crippen LogP contribution is -2.33. The number of rotatable bonds is 3. The first-order valence-electron chi connectivity index (χ1n) is 3.99. The molecule has 1 heterocycles. The van der Waals surface area contributed by atoms with E-state index >= 15 is 0 Å². The lowest BCUT2D eigenvalue weighted by molar-refractivity contribution is 0.00978. The molecule has 1 aromatic rings. The van der Waals surface area contributed by atoms with Crippen LogP contribution in [0.5, 0.6) is 0 Å². The Labute approximate surface area is 86.4 Å². The third kappa shape index (κ3) is 2.27. The Morgan fingerprint density at radius 2 is 2.31 bits per heavy atom. The molecule has 4 heteroatoms. The van der Waals surface area contributed by atoms with Crippen molar-refractivity contribution in [3.63, 3.8) is 0 Å². The SMILES string of the molecule is COC(C)(CN)c1ccc(Br)nc1. The number of nitrogens with two attached hydrogens (primary N) is 1. The highest BCUT2D eigenvalue weighted by molar-refractivity contribution is 9.10. The summed E-state index contributed by atoms with van der Waals surface area (Å²) in [6.45, 7) is 2.38. The average Bonchev–Trinajstić information content (AvgIpc) is 2.18. The molecule has 0 spiro atoms. The summed E-state index contributed by atoms with van der Waals surface area (Å²) in [4.78, 5) is 4.12. The second-order valence-electron chi connectivity index (χ2n) is 3.01. The molecule has 2 N–H and O–H groups in total. The minimum Gasteiger partial charge on any atom is -0.372 e. The first kappa shape index (κ1) is 10.6. The average molecular weight is 245 g/mol. The van der Waals surface area contributed by atoms with Gasteiger partial charge in [0.1, 0.15) is 10.2 Å². The molecule has 0 saturated heterocycles. The first-order valence-corrected chi connectivity index (χ1v) is 4.79. The number of ether oxygens (including phenoxy) is 1. The van der Waals surface area contributed by atoms with Crippen LogP contribution < -0.4 is 5.73 Å². The van der Waals surface area contributed by atoms with Crippen LogP contribution in [0.25, 0.3) is 0 Å². The summed E-state index contributed by atoms with van der Waals surface area (Å²) in [6, 6.07) is 3.83. The van der Waals surface area contributed by atoms with Crippen LogP contribution in [0.15, 0.2) is 22.9 Å². The molecule has 0 aliphatic rings. The van der Waals surface area contributed by atoms with Gasteiger partial charge >= 0.3 is 0 Å². The van der Waals surface area contributed by atoms with Crippen molar-refractivity contribution in [2.75, 3.05) is 13.7 Å². The zero-order valence-electron chi connectivity index (χ0n) is 7.75. The quantitative estimate of drug-likeness (QED) is 0.824. The van der Waals surface area contributed by atoms with Crippen molar-refractivity contribution in [1.82, 2.24) is 4.98 Å². The molecule has 72 valence electrons. The zero-order valence-corrected chi connectivity index (χ0v) is 9.34. The number of hydrogen-bond donors (Lipinski definition) is 1. The zero-order chi connectivity index (χ0) is 9.90. The van der Waals surface area contributed by atoms with Gasteiger partial charge in [0.15, 0.2) is 0 Å². The van der Waals surface area contributed by atoms with Crippen LogP contribution in [0.3, 0.4) is 0 Å². The molecule has 1 atom stereocenters. The highest BCUT2D eigenvalue weighted by atomic mass is 79.9. The van der Waals surface area contributed by atoms with Gasteiger partial charge in [0.05, 0.1) is 0 Å². The van der Waals surface area contributed by atoms with E-state index in [1.165, 1.54) is 0 Å². The van der Waals surface area contributed by atoms with Crippen LogP contribution in [0, 0.1) is 0 Å². The van der Waals surface area contributed by atoms with Crippen molar-refractivity contribution < 1.29 is 4.74 Å². The lowest BCUT2D eigenvalue weighted by Gasteiger charge is -2.26. The highest BCUT2D eigenvalue weighted by Gasteiger charge is 2.24. The van der Waals surface area contributed by atoms with Gasteiger partial charge in [0, 0.05) is 25.4 Å². The van der Waals surface area contributed by atoms with Gasteiger partial charge in [-0.3, -0.25) is 0 Å². The molecule has 0 saturated carbocycles. The fourth-order valence-electron chi connectivity index (χ4n) is 1.01. The van der Waals surface area contributed by atoms with E-state index in [2.05, 4.69) is 20.9 Å². The molecule has 0 aromatic carbocycles. The predicted molar refractivity (Wildman–Crippen MR) is 55.4 cm³/mol. The summed E-state index contributed by atoms with van der Waals surface area (Å²) in [6.07, 6.45) is 1.76. The van der Waals surface area contributed by atoms with Gasteiger partial charge in [-0.05, 0) is 28.9 Å². The summed E-state index contributed by atoms with van der Waals surface area (Å²) in [5.41, 5.74) is 6.17. The molecule has 0 fully saturated rings. The maximum Gasteiger partial charge on any atom is 0.106 e. The van der Waals surface area contributed by atoms with Gasteiger partial charge in [-0.2, -0.15) is 0 Å². The number of pyridine rings is 1. The summed E-state index contributed by atoms with van der Waals surface area (Å²) < 4.78 is 6.14. The Hall–Kier alpha value is -0.450. The minimum absolute atomic E-state index is 0.437. The fourth-order valence-corrected chi connectivity index (χ4v) is 1.24. The fraction of sp³-hybridized carbons (Fsp3) is 0.444. The van der Waals surface area contributed by atoms with E-state index in [1.807, 2.05) is 19.1 Å². The van der Waals surface area contributed by atoms with E-state index < -0.39 is 5.60 Å². The molecule has 0 amide bonds. The van der Waals surface area contributed by atoms with E-state index in [-0.39, 0.29) is 0 Å². The van der Waals surface area contributed by atoms with Crippen LogP contribution in [0.1, 0.15) is 12.5 Å². The molecule has 1 aromatic heterocycles. The Balaban J connectivity index is 2.99. The van der Waals surface area contributed by atoms with Gasteiger partial charge in [-0.1, -0.05) is 6.07 Å². The van der Waals surface area contributed by atoms with Gasteiger partial charge in [-0.15, -0.1) is 0 Å². The maximum absolute atomic E-state index is 5.62. The van der Waals surface area contributed by atoms with Gasteiger partial charge < -0.3 is 10.5 Å². The minimum atomic E-state index is -0.437. The monoisotopic (exact) mass is 244 g/mol. The molecule has 1 unspecified atom stereocenters. The topological polar surface area (TPSA) is 48.1 Å². The van der Waals surface area contributed by atoms with Gasteiger partial charge in [-0.25, -0.2) is 4.98 Å². The van der Waals surface area contributed by atoms with Crippen molar-refractivity contribution >= 4 is 15.9 Å². The largest absolute Gasteiger partial charge is 0.372 e. The van der Waals surface area contributed by atoms with Gasteiger partial charge in [0.25, 0.3) is 0 Å². The number of nitrogens with zero attached hydrogens (tertiary/aromatic N) is 1. The molecular weight excluding hydrogens is 232 g/mol. The smallest absolute Gasteiger partial charge is 0.106 e. The Bertz CT molecular complexity index is 269. The maximum atomic E-state index is 5.62. The molecule has 1 rings (SSSR count). The number of aromatic nitrogens is 1. The van der Waals surface area contributed by atoms with Crippen molar-refractivity contribution in [3.8, 4) is 0 Å². The Morgan fingerprint density at radius 1 is 1.62 bits per heavy atom. The van der Waals surface area contributed by atoms with Crippen molar-refractivity contribution in [2.45, 2.75) is 12.5 Å². The van der Waals surface area contributed by atoms with E-state index in [1.54, 1.807) is 13.3 Å². The highest BCUT2D eigenvalue weighted by Crippen LogP contribution is 2.23. The van der Waals surface area contributed by atoms with Crippen molar-refractivity contribution in [2.24, 2.45) is 5.73 Å². The Morgan fingerprint density at radius 3 is 2.69 bits per heavy atom. The lowest BCUT2D eigenvalue weighted by atomic mass is 9.98. The molecular formula is C9H13BrN2O. The molecule has 0 bridgehead atoms. The van der Waals surface area contributed by atoms with Crippen LogP contribution in [0.4, 0.5) is 0 Å². The number of hydrogen-bond acceptors (Lipinski definition) is 3. The van der Waals surface area contributed by atoms with E-state index in [4.69, 9.17) is 10.5 Å². The summed E-state index contributed by atoms with van der Waals surface area (Å²) in [5.74, 6) is 0. The Kier molecular flexibility index (Phi) is 3.41. The predicted octanol–water partition coefficient (Wildman–Crippen LogP) is 1.66. The summed E-state index contributed by atoms with van der Waals surface area (Å²) >= 11 is 3.27. The van der Waals surface area contributed by atoms with Crippen molar-refractivity contribution in [1.29, 1.82) is 0 Å². The summed E-state index contributed by atoms with van der Waals surface area (Å²) in [7, 11) is 1.65. The number of methoxy groups -OCH3 is 1. The number of halogens is 1.